The first-order valence-electron chi connectivity index (χ1n) is 9.12. The Morgan fingerprint density at radius 1 is 1.17 bits per heavy atom. The fourth-order valence-corrected chi connectivity index (χ4v) is 3.08. The predicted octanol–water partition coefficient (Wildman–Crippen LogP) is 5.02. The lowest BCUT2D eigenvalue weighted by Gasteiger charge is -2.25. The van der Waals surface area contributed by atoms with Crippen LogP contribution in [0.15, 0.2) is 36.4 Å². The molecule has 1 aliphatic rings. The molecular weight excluding hydrogens is 399 g/mol. The molecule has 0 saturated carbocycles. The Morgan fingerprint density at radius 2 is 1.93 bits per heavy atom. The molecule has 0 bridgehead atoms. The summed E-state index contributed by atoms with van der Waals surface area (Å²) in [5, 5.41) is 5.66. The Hall–Kier alpha value is -2.80. The van der Waals surface area contributed by atoms with E-state index in [-0.39, 0.29) is 18.2 Å². The van der Waals surface area contributed by atoms with Gasteiger partial charge in [0, 0.05) is 10.7 Å². The van der Waals surface area contributed by atoms with Crippen molar-refractivity contribution in [3.05, 3.63) is 52.8 Å². The van der Waals surface area contributed by atoms with Crippen LogP contribution in [0.2, 0.25) is 5.02 Å². The summed E-state index contributed by atoms with van der Waals surface area (Å²) in [6.07, 6.45) is -0.305. The molecule has 0 aromatic heterocycles. The van der Waals surface area contributed by atoms with Gasteiger partial charge < -0.3 is 14.8 Å². The fourth-order valence-electron chi connectivity index (χ4n) is 2.89. The zero-order valence-corrected chi connectivity index (χ0v) is 17.1. The third-order valence-electron chi connectivity index (χ3n) is 4.17. The molecule has 0 fully saturated rings. The van der Waals surface area contributed by atoms with Gasteiger partial charge >= 0.3 is 6.09 Å². The molecule has 0 radical (unpaired) electrons. The van der Waals surface area contributed by atoms with Gasteiger partial charge in [-0.05, 0) is 69.2 Å². The second-order valence-corrected chi connectivity index (χ2v) is 8.21. The van der Waals surface area contributed by atoms with E-state index in [1.54, 1.807) is 39.0 Å². The van der Waals surface area contributed by atoms with Gasteiger partial charge in [0.2, 0.25) is 5.91 Å². The van der Waals surface area contributed by atoms with Gasteiger partial charge in [0.15, 0.2) is 0 Å². The number of hydrogen-bond donors (Lipinski definition) is 2. The predicted molar refractivity (Wildman–Crippen MR) is 109 cm³/mol. The number of fused-ring (bicyclic) bond motifs is 1. The van der Waals surface area contributed by atoms with E-state index in [9.17, 15) is 14.0 Å². The molecule has 0 aliphatic carbocycles. The number of carbonyl (C=O) groups is 2. The molecule has 2 aromatic carbocycles. The quantitative estimate of drug-likeness (QED) is 0.731. The third-order valence-corrected chi connectivity index (χ3v) is 4.40. The van der Waals surface area contributed by atoms with E-state index < -0.39 is 23.4 Å². The van der Waals surface area contributed by atoms with Crippen LogP contribution < -0.4 is 15.4 Å². The maximum Gasteiger partial charge on any atom is 0.412 e. The molecule has 3 rings (SSSR count). The monoisotopic (exact) mass is 420 g/mol. The highest BCUT2D eigenvalue weighted by Gasteiger charge is 2.26. The standard InChI is InChI=1S/C21H22ClFN2O4/c1-21(2,3)29-20(27)25-17-10-15(5-6-16(17)23)24-19(26)13-8-12-9-14(22)4-7-18(12)28-11-13/h4-7,9-10,13H,8,11H2,1-3H3,(H,24,26)(H,25,27). The Labute approximate surface area is 173 Å². The zero-order chi connectivity index (χ0) is 21.2. The maximum atomic E-state index is 14.0. The number of nitrogens with one attached hydrogen (secondary N) is 2. The second-order valence-electron chi connectivity index (χ2n) is 7.77. The normalized spacial score (nSPS) is 15.7. The third kappa shape index (κ3) is 5.60. The zero-order valence-electron chi connectivity index (χ0n) is 16.3. The van der Waals surface area contributed by atoms with Crippen molar-refractivity contribution in [2.24, 2.45) is 5.92 Å². The maximum absolute atomic E-state index is 14.0. The lowest BCUT2D eigenvalue weighted by molar-refractivity contribution is -0.121. The smallest absolute Gasteiger partial charge is 0.412 e. The van der Waals surface area contributed by atoms with Crippen LogP contribution in [0.4, 0.5) is 20.6 Å². The Kier molecular flexibility index (Phi) is 5.98. The summed E-state index contributed by atoms with van der Waals surface area (Å²) in [4.78, 5) is 24.5. The van der Waals surface area contributed by atoms with Crippen LogP contribution in [0.25, 0.3) is 0 Å². The van der Waals surface area contributed by atoms with Crippen LogP contribution in [0.1, 0.15) is 26.3 Å². The summed E-state index contributed by atoms with van der Waals surface area (Å²) in [7, 11) is 0. The number of carbonyl (C=O) groups excluding carboxylic acids is 2. The Bertz CT molecular complexity index is 943. The van der Waals surface area contributed by atoms with Crippen molar-refractivity contribution in [3.8, 4) is 5.75 Å². The van der Waals surface area contributed by atoms with Crippen molar-refractivity contribution in [1.29, 1.82) is 0 Å². The van der Waals surface area contributed by atoms with Crippen molar-refractivity contribution in [1.82, 2.24) is 0 Å². The van der Waals surface area contributed by atoms with E-state index in [2.05, 4.69) is 10.6 Å². The largest absolute Gasteiger partial charge is 0.492 e. The molecule has 2 aromatic rings. The van der Waals surface area contributed by atoms with Crippen LogP contribution >= 0.6 is 11.6 Å². The van der Waals surface area contributed by atoms with E-state index in [1.807, 2.05) is 0 Å². The second kappa shape index (κ2) is 8.29. The highest BCUT2D eigenvalue weighted by atomic mass is 35.5. The first-order valence-corrected chi connectivity index (χ1v) is 9.50. The van der Waals surface area contributed by atoms with Crippen LogP contribution in [0, 0.1) is 11.7 Å². The summed E-state index contributed by atoms with van der Waals surface area (Å²) in [6, 6.07) is 9.21. The number of rotatable bonds is 3. The highest BCUT2D eigenvalue weighted by molar-refractivity contribution is 6.30. The van der Waals surface area contributed by atoms with Gasteiger partial charge in [0.05, 0.1) is 11.6 Å². The number of anilines is 2. The lowest BCUT2D eigenvalue weighted by Crippen LogP contribution is -2.32. The Morgan fingerprint density at radius 3 is 2.66 bits per heavy atom. The minimum Gasteiger partial charge on any atom is -0.492 e. The molecule has 8 heteroatoms. The van der Waals surface area contributed by atoms with Crippen LogP contribution in [-0.2, 0) is 16.0 Å². The molecule has 154 valence electrons. The number of amides is 2. The van der Waals surface area contributed by atoms with Crippen molar-refractivity contribution in [3.63, 3.8) is 0 Å². The lowest BCUT2D eigenvalue weighted by atomic mass is 9.96. The first kappa shape index (κ1) is 20.9. The molecule has 2 N–H and O–H groups in total. The molecule has 0 spiro atoms. The molecular formula is C21H22ClFN2O4. The average molecular weight is 421 g/mol. The summed E-state index contributed by atoms with van der Waals surface area (Å²) in [5.74, 6) is -0.624. The van der Waals surface area contributed by atoms with E-state index in [0.29, 0.717) is 22.9 Å². The minimum atomic E-state index is -0.783. The van der Waals surface area contributed by atoms with Crippen LogP contribution in [-0.4, -0.2) is 24.2 Å². The first-order chi connectivity index (χ1) is 13.6. The van der Waals surface area contributed by atoms with Gasteiger partial charge in [-0.25, -0.2) is 9.18 Å². The number of hydrogen-bond acceptors (Lipinski definition) is 4. The van der Waals surface area contributed by atoms with Gasteiger partial charge in [0.1, 0.15) is 23.8 Å². The van der Waals surface area contributed by atoms with Crippen LogP contribution in [0.5, 0.6) is 5.75 Å². The van der Waals surface area contributed by atoms with E-state index in [1.165, 1.54) is 12.1 Å². The van der Waals surface area contributed by atoms with Crippen molar-refractivity contribution in [2.45, 2.75) is 32.8 Å². The van der Waals surface area contributed by atoms with Crippen molar-refractivity contribution in [2.75, 3.05) is 17.2 Å². The van der Waals surface area contributed by atoms with Gasteiger partial charge in [0.25, 0.3) is 0 Å². The van der Waals surface area contributed by atoms with E-state index in [4.69, 9.17) is 21.1 Å². The van der Waals surface area contributed by atoms with Gasteiger partial charge in [-0.2, -0.15) is 0 Å². The fraction of sp³-hybridized carbons (Fsp3) is 0.333. The molecule has 6 nitrogen and oxygen atoms in total. The summed E-state index contributed by atoms with van der Waals surface area (Å²) in [5.41, 5.74) is 0.399. The highest BCUT2D eigenvalue weighted by Crippen LogP contribution is 2.30. The van der Waals surface area contributed by atoms with Crippen LogP contribution in [0.3, 0.4) is 0 Å². The van der Waals surface area contributed by atoms with Gasteiger partial charge in [-0.1, -0.05) is 11.6 Å². The number of halogens is 2. The molecule has 1 heterocycles. The average Bonchev–Trinajstić information content (AvgIpc) is 2.62. The number of ether oxygens (including phenoxy) is 2. The molecule has 1 atom stereocenters. The van der Waals surface area contributed by atoms with E-state index >= 15 is 0 Å². The summed E-state index contributed by atoms with van der Waals surface area (Å²) in [6.45, 7) is 5.34. The summed E-state index contributed by atoms with van der Waals surface area (Å²) >= 11 is 6.01. The van der Waals surface area contributed by atoms with Crippen molar-refractivity contribution >= 4 is 35.0 Å². The van der Waals surface area contributed by atoms with Gasteiger partial charge in [-0.15, -0.1) is 0 Å². The molecule has 1 aliphatic heterocycles. The molecule has 1 unspecified atom stereocenters. The number of benzene rings is 2. The Balaban J connectivity index is 1.67. The molecule has 0 saturated heterocycles. The SMILES string of the molecule is CC(C)(C)OC(=O)Nc1cc(NC(=O)C2COc3ccc(Cl)cc3C2)ccc1F. The topological polar surface area (TPSA) is 76.7 Å². The summed E-state index contributed by atoms with van der Waals surface area (Å²) < 4.78 is 24.8. The molecule has 29 heavy (non-hydrogen) atoms. The van der Waals surface area contributed by atoms with Gasteiger partial charge in [-0.3, -0.25) is 10.1 Å². The van der Waals surface area contributed by atoms with Crippen molar-refractivity contribution < 1.29 is 23.5 Å². The van der Waals surface area contributed by atoms with E-state index in [0.717, 1.165) is 11.6 Å². The molecule has 2 amide bonds. The minimum absolute atomic E-state index is 0.0888.